The van der Waals surface area contributed by atoms with E-state index in [0.29, 0.717) is 5.96 Å². The maximum absolute atomic E-state index is 6.58. The van der Waals surface area contributed by atoms with Crippen LogP contribution in [0.15, 0.2) is 160 Å². The largest absolute Gasteiger partial charge is 0.455 e. The molecule has 0 saturated heterocycles. The number of furan rings is 1. The summed E-state index contributed by atoms with van der Waals surface area (Å²) in [4.78, 5) is 10.5. The van der Waals surface area contributed by atoms with Gasteiger partial charge >= 0.3 is 0 Å². The second kappa shape index (κ2) is 9.82. The number of benzene rings is 6. The number of aliphatic imine (C=N–C) groups is 2. The Morgan fingerprint density at radius 3 is 1.91 bits per heavy atom. The van der Waals surface area contributed by atoms with Gasteiger partial charge in [-0.25, -0.2) is 4.99 Å². The van der Waals surface area contributed by atoms with Crippen molar-refractivity contribution in [3.05, 3.63) is 157 Å². The van der Waals surface area contributed by atoms with Gasteiger partial charge in [-0.3, -0.25) is 4.57 Å². The number of nitrogens with zero attached hydrogens (tertiary/aromatic N) is 3. The fraction of sp³-hybridized carbons (Fsp3) is 0.0256. The summed E-state index contributed by atoms with van der Waals surface area (Å²) >= 11 is 0. The highest BCUT2D eigenvalue weighted by Gasteiger charge is 2.26. The molecule has 0 saturated carbocycles. The van der Waals surface area contributed by atoms with E-state index < -0.39 is 6.17 Å². The molecule has 0 fully saturated rings. The highest BCUT2D eigenvalue weighted by Crippen LogP contribution is 2.40. The smallest absolute Gasteiger partial charge is 0.234 e. The molecule has 1 aliphatic heterocycles. The molecule has 8 aromatic rings. The van der Waals surface area contributed by atoms with Gasteiger partial charge in [0.15, 0.2) is 6.17 Å². The number of hydrogen-bond acceptors (Lipinski definition) is 4. The maximum atomic E-state index is 6.58. The first-order valence-corrected chi connectivity index (χ1v) is 14.8. The lowest BCUT2D eigenvalue weighted by molar-refractivity contribution is 0.661. The monoisotopic (exact) mass is 566 g/mol. The molecular formula is C39H26N4O. The van der Waals surface area contributed by atoms with E-state index in [9.17, 15) is 0 Å². The predicted octanol–water partition coefficient (Wildman–Crippen LogP) is 9.31. The molecule has 1 aliphatic rings. The Morgan fingerprint density at radius 2 is 1.18 bits per heavy atom. The van der Waals surface area contributed by atoms with Crippen molar-refractivity contribution in [2.24, 2.45) is 9.98 Å². The van der Waals surface area contributed by atoms with Crippen molar-refractivity contribution < 1.29 is 4.42 Å². The van der Waals surface area contributed by atoms with Crippen LogP contribution in [0.1, 0.15) is 17.3 Å². The minimum atomic E-state index is -0.400. The number of hydrogen-bond donors (Lipinski definition) is 1. The molecule has 0 bridgehead atoms. The third-order valence-electron chi connectivity index (χ3n) is 8.49. The average molecular weight is 567 g/mol. The summed E-state index contributed by atoms with van der Waals surface area (Å²) in [6, 6.07) is 50.2. The molecule has 1 N–H and O–H groups in total. The molecule has 1 unspecified atom stereocenters. The molecule has 0 amide bonds. The highest BCUT2D eigenvalue weighted by atomic mass is 16.3. The predicted molar refractivity (Wildman–Crippen MR) is 180 cm³/mol. The third kappa shape index (κ3) is 3.80. The van der Waals surface area contributed by atoms with Crippen molar-refractivity contribution in [3.63, 3.8) is 0 Å². The van der Waals surface area contributed by atoms with E-state index in [1.165, 1.54) is 10.8 Å². The van der Waals surface area contributed by atoms with Crippen LogP contribution in [0, 0.1) is 0 Å². The second-order valence-corrected chi connectivity index (χ2v) is 11.0. The van der Waals surface area contributed by atoms with Gasteiger partial charge in [0.1, 0.15) is 17.0 Å². The van der Waals surface area contributed by atoms with Crippen LogP contribution in [0.2, 0.25) is 0 Å². The van der Waals surface area contributed by atoms with Crippen molar-refractivity contribution >= 4 is 55.5 Å². The number of fused-ring (bicyclic) bond motifs is 6. The van der Waals surface area contributed by atoms with Crippen molar-refractivity contribution in [1.29, 1.82) is 0 Å². The van der Waals surface area contributed by atoms with Gasteiger partial charge in [0.25, 0.3) is 0 Å². The van der Waals surface area contributed by atoms with Crippen LogP contribution >= 0.6 is 0 Å². The molecular weight excluding hydrogens is 540 g/mol. The van der Waals surface area contributed by atoms with Crippen LogP contribution in [-0.4, -0.2) is 16.4 Å². The third-order valence-corrected chi connectivity index (χ3v) is 8.49. The molecule has 208 valence electrons. The van der Waals surface area contributed by atoms with Gasteiger partial charge in [0.05, 0.1) is 11.0 Å². The molecule has 44 heavy (non-hydrogen) atoms. The Labute approximate surface area is 253 Å². The van der Waals surface area contributed by atoms with E-state index in [1.807, 2.05) is 36.4 Å². The van der Waals surface area contributed by atoms with E-state index in [-0.39, 0.29) is 0 Å². The molecule has 6 aromatic carbocycles. The van der Waals surface area contributed by atoms with Gasteiger partial charge in [-0.05, 0) is 23.8 Å². The Balaban J connectivity index is 1.29. The van der Waals surface area contributed by atoms with Crippen LogP contribution in [0.25, 0.3) is 54.9 Å². The van der Waals surface area contributed by atoms with E-state index in [4.69, 9.17) is 14.4 Å². The summed E-state index contributed by atoms with van der Waals surface area (Å²) in [5.41, 5.74) is 8.09. The summed E-state index contributed by atoms with van der Waals surface area (Å²) in [7, 11) is 0. The van der Waals surface area contributed by atoms with Crippen molar-refractivity contribution in [2.75, 3.05) is 0 Å². The Morgan fingerprint density at radius 1 is 0.568 bits per heavy atom. The van der Waals surface area contributed by atoms with Gasteiger partial charge in [0, 0.05) is 38.2 Å². The quantitative estimate of drug-likeness (QED) is 0.232. The van der Waals surface area contributed by atoms with E-state index >= 15 is 0 Å². The van der Waals surface area contributed by atoms with Crippen molar-refractivity contribution in [3.8, 4) is 11.1 Å². The summed E-state index contributed by atoms with van der Waals surface area (Å²) in [5, 5.41) is 8.14. The number of nitrogens with one attached hydrogen (secondary N) is 1. The molecule has 0 spiro atoms. The first-order chi connectivity index (χ1) is 21.8. The topological polar surface area (TPSA) is 54.8 Å². The van der Waals surface area contributed by atoms with E-state index in [2.05, 4.69) is 119 Å². The van der Waals surface area contributed by atoms with Crippen LogP contribution in [0.4, 0.5) is 0 Å². The fourth-order valence-corrected chi connectivity index (χ4v) is 6.52. The second-order valence-electron chi connectivity index (χ2n) is 11.0. The fourth-order valence-electron chi connectivity index (χ4n) is 6.52. The maximum Gasteiger partial charge on any atom is 0.234 e. The zero-order valence-corrected chi connectivity index (χ0v) is 23.7. The molecule has 0 aliphatic carbocycles. The molecule has 9 rings (SSSR count). The Hall–Kier alpha value is -5.94. The highest BCUT2D eigenvalue weighted by molar-refractivity contribution is 6.17. The van der Waals surface area contributed by atoms with Crippen LogP contribution < -0.4 is 5.32 Å². The normalized spacial score (nSPS) is 15.0. The number of aromatic nitrogens is 1. The van der Waals surface area contributed by atoms with Crippen molar-refractivity contribution in [1.82, 2.24) is 9.88 Å². The zero-order valence-electron chi connectivity index (χ0n) is 23.7. The summed E-state index contributed by atoms with van der Waals surface area (Å²) in [5.74, 6) is 1.41. The first kappa shape index (κ1) is 24.6. The van der Waals surface area contributed by atoms with Crippen LogP contribution in [0.5, 0.6) is 0 Å². The first-order valence-electron chi connectivity index (χ1n) is 14.8. The summed E-state index contributed by atoms with van der Waals surface area (Å²) in [6.45, 7) is 0. The number of amidine groups is 1. The van der Waals surface area contributed by atoms with E-state index in [0.717, 1.165) is 61.1 Å². The lowest BCUT2D eigenvalue weighted by Crippen LogP contribution is -2.35. The summed E-state index contributed by atoms with van der Waals surface area (Å²) < 4.78 is 8.77. The molecule has 0 radical (unpaired) electrons. The Kier molecular flexibility index (Phi) is 5.50. The van der Waals surface area contributed by atoms with Gasteiger partial charge in [-0.1, -0.05) is 127 Å². The average Bonchev–Trinajstić information content (AvgIpc) is 3.65. The zero-order chi connectivity index (χ0) is 29.0. The SMILES string of the molecule is c1ccc(C2=NC(n3c4ccccc4c4ccccc43)=NC(c3cccc4oc5c(-c6ccccc6)cccc5c34)N2)cc1. The van der Waals surface area contributed by atoms with Gasteiger partial charge in [0.2, 0.25) is 5.96 Å². The molecule has 3 heterocycles. The number of para-hydroxylation sites is 3. The Bertz CT molecular complexity index is 2360. The standard InChI is InChI=1S/C39H26N4O/c1-3-13-25(14-4-1)27-19-11-20-30-35-31(21-12-24-34(35)44-36(27)30)38-40-37(26-15-5-2-6-16-26)41-39(42-38)43-32-22-9-7-17-28(32)29-18-8-10-23-33(29)43/h1-24,38H,(H,40,41,42). The van der Waals surface area contributed by atoms with Gasteiger partial charge in [-0.15, -0.1) is 0 Å². The van der Waals surface area contributed by atoms with Crippen molar-refractivity contribution in [2.45, 2.75) is 6.17 Å². The summed E-state index contributed by atoms with van der Waals surface area (Å²) in [6.07, 6.45) is -0.400. The minimum absolute atomic E-state index is 0.400. The van der Waals surface area contributed by atoms with Crippen LogP contribution in [0.3, 0.4) is 0 Å². The van der Waals surface area contributed by atoms with Gasteiger partial charge < -0.3 is 9.73 Å². The van der Waals surface area contributed by atoms with E-state index in [1.54, 1.807) is 0 Å². The lowest BCUT2D eigenvalue weighted by atomic mass is 9.99. The van der Waals surface area contributed by atoms with Crippen LogP contribution in [-0.2, 0) is 0 Å². The lowest BCUT2D eigenvalue weighted by Gasteiger charge is -2.24. The van der Waals surface area contributed by atoms with Gasteiger partial charge in [-0.2, -0.15) is 4.99 Å². The molecule has 1 atom stereocenters. The molecule has 2 aromatic heterocycles. The number of rotatable bonds is 3. The minimum Gasteiger partial charge on any atom is -0.455 e. The molecule has 5 heteroatoms. The molecule has 5 nitrogen and oxygen atoms in total.